The van der Waals surface area contributed by atoms with Gasteiger partial charge < -0.3 is 20.9 Å². The Morgan fingerprint density at radius 1 is 1.06 bits per heavy atom. The van der Waals surface area contributed by atoms with E-state index in [1.54, 1.807) is 0 Å². The van der Waals surface area contributed by atoms with Gasteiger partial charge >= 0.3 is 0 Å². The van der Waals surface area contributed by atoms with Crippen molar-refractivity contribution in [2.75, 3.05) is 17.7 Å². The quantitative estimate of drug-likeness (QED) is 0.199. The van der Waals surface area contributed by atoms with Crippen LogP contribution in [0.2, 0.25) is 0 Å². The van der Waals surface area contributed by atoms with E-state index in [1.807, 2.05) is 54.6 Å². The monoisotopic (exact) mass is 481 g/mol. The van der Waals surface area contributed by atoms with Gasteiger partial charge in [-0.1, -0.05) is 67.3 Å². The number of nitrogens with zero attached hydrogens (tertiary/aromatic N) is 3. The summed E-state index contributed by atoms with van der Waals surface area (Å²) in [5, 5.41) is 14.2. The normalized spacial score (nSPS) is 12.2. The molecule has 0 spiro atoms. The molecular formula is C24H27N5O2S2. The number of aliphatic hydroxyl groups excluding tert-OH is 1. The SMILES string of the molecule is CC(C)CC(CO)Nc1nc(SCc2cccc(Oc3ccccc3)c2)nc2nc(N)sc12. The van der Waals surface area contributed by atoms with Crippen LogP contribution in [0, 0.1) is 5.92 Å². The van der Waals surface area contributed by atoms with Gasteiger partial charge in [0.15, 0.2) is 21.8 Å². The number of para-hydroxylation sites is 1. The molecule has 2 aromatic heterocycles. The molecule has 4 N–H and O–H groups in total. The maximum absolute atomic E-state index is 9.81. The van der Waals surface area contributed by atoms with Crippen LogP contribution < -0.4 is 15.8 Å². The maximum Gasteiger partial charge on any atom is 0.191 e. The minimum atomic E-state index is -0.101. The summed E-state index contributed by atoms with van der Waals surface area (Å²) in [6.45, 7) is 4.28. The lowest BCUT2D eigenvalue weighted by Gasteiger charge is -2.19. The number of aliphatic hydroxyl groups is 1. The predicted octanol–water partition coefficient (Wildman–Crippen LogP) is 5.57. The molecule has 0 aliphatic rings. The lowest BCUT2D eigenvalue weighted by molar-refractivity contribution is 0.259. The standard InChI is InChI=1S/C24H27N5O2S2/c1-15(2)11-17(13-30)26-21-20-22(27-23(25)33-20)29-24(28-21)32-14-16-7-6-10-19(12-16)31-18-8-4-3-5-9-18/h3-10,12,15,17,30H,11,13-14H2,1-2H3,(H3,25,26,27,28,29). The number of nitrogens with one attached hydrogen (secondary N) is 1. The van der Waals surface area contributed by atoms with Crippen LogP contribution in [0.1, 0.15) is 25.8 Å². The average Bonchev–Trinajstić information content (AvgIpc) is 3.18. The summed E-state index contributed by atoms with van der Waals surface area (Å²) in [5.41, 5.74) is 7.60. The fourth-order valence-corrected chi connectivity index (χ4v) is 4.90. The Morgan fingerprint density at radius 3 is 2.61 bits per heavy atom. The summed E-state index contributed by atoms with van der Waals surface area (Å²) in [6, 6.07) is 17.6. The van der Waals surface area contributed by atoms with Crippen molar-refractivity contribution in [3.05, 3.63) is 60.2 Å². The van der Waals surface area contributed by atoms with Crippen molar-refractivity contribution in [1.29, 1.82) is 0 Å². The third-order valence-electron chi connectivity index (χ3n) is 4.81. The Bertz CT molecular complexity index is 1200. The molecule has 2 aromatic carbocycles. The lowest BCUT2D eigenvalue weighted by Crippen LogP contribution is -2.26. The van der Waals surface area contributed by atoms with Gasteiger partial charge in [-0.3, -0.25) is 0 Å². The van der Waals surface area contributed by atoms with Crippen molar-refractivity contribution in [2.24, 2.45) is 5.92 Å². The Hall–Kier alpha value is -2.88. The highest BCUT2D eigenvalue weighted by Gasteiger charge is 2.17. The second-order valence-corrected chi connectivity index (χ2v) is 10.0. The first-order valence-corrected chi connectivity index (χ1v) is 12.6. The van der Waals surface area contributed by atoms with Crippen molar-refractivity contribution in [1.82, 2.24) is 15.0 Å². The fourth-order valence-electron chi connectivity index (χ4n) is 3.40. The Labute approximate surface area is 201 Å². The molecule has 4 rings (SSSR count). The van der Waals surface area contributed by atoms with Crippen LogP contribution in [0.25, 0.3) is 10.3 Å². The molecule has 0 aliphatic carbocycles. The van der Waals surface area contributed by atoms with Gasteiger partial charge in [-0.05, 0) is 42.2 Å². The van der Waals surface area contributed by atoms with E-state index in [0.29, 0.717) is 33.4 Å². The molecule has 7 nitrogen and oxygen atoms in total. The number of ether oxygens (including phenoxy) is 1. The largest absolute Gasteiger partial charge is 0.457 e. The van der Waals surface area contributed by atoms with Crippen molar-refractivity contribution in [3.63, 3.8) is 0 Å². The fraction of sp³-hybridized carbons (Fsp3) is 0.292. The maximum atomic E-state index is 9.81. The van der Waals surface area contributed by atoms with E-state index in [1.165, 1.54) is 23.1 Å². The Kier molecular flexibility index (Phi) is 7.64. The van der Waals surface area contributed by atoms with Crippen molar-refractivity contribution < 1.29 is 9.84 Å². The number of benzene rings is 2. The molecule has 0 aliphatic heterocycles. The Morgan fingerprint density at radius 2 is 1.85 bits per heavy atom. The molecule has 1 unspecified atom stereocenters. The van der Waals surface area contributed by atoms with Crippen molar-refractivity contribution in [3.8, 4) is 11.5 Å². The zero-order valence-corrected chi connectivity index (χ0v) is 20.2. The molecule has 0 amide bonds. The van der Waals surface area contributed by atoms with Crippen LogP contribution in [-0.4, -0.2) is 32.7 Å². The topological polar surface area (TPSA) is 106 Å². The van der Waals surface area contributed by atoms with Gasteiger partial charge in [0.2, 0.25) is 0 Å². The van der Waals surface area contributed by atoms with Gasteiger partial charge in [-0.15, -0.1) is 0 Å². The van der Waals surface area contributed by atoms with Crippen LogP contribution in [0.15, 0.2) is 59.8 Å². The van der Waals surface area contributed by atoms with Gasteiger partial charge in [0, 0.05) is 5.75 Å². The number of thioether (sulfide) groups is 1. The van der Waals surface area contributed by atoms with Crippen molar-refractivity contribution in [2.45, 2.75) is 37.2 Å². The molecular weight excluding hydrogens is 454 g/mol. The molecule has 9 heteroatoms. The number of nitrogen functional groups attached to an aromatic ring is 1. The van der Waals surface area contributed by atoms with Crippen LogP contribution >= 0.6 is 23.1 Å². The van der Waals surface area contributed by atoms with Gasteiger partial charge in [0.05, 0.1) is 12.6 Å². The van der Waals surface area contributed by atoms with Crippen LogP contribution in [0.5, 0.6) is 11.5 Å². The number of rotatable bonds is 10. The smallest absolute Gasteiger partial charge is 0.191 e. The van der Waals surface area contributed by atoms with Gasteiger partial charge in [-0.25, -0.2) is 15.0 Å². The zero-order valence-electron chi connectivity index (χ0n) is 18.6. The van der Waals surface area contributed by atoms with E-state index in [2.05, 4.69) is 29.1 Å². The first-order valence-electron chi connectivity index (χ1n) is 10.8. The summed E-state index contributed by atoms with van der Waals surface area (Å²) in [6.07, 6.45) is 0.826. The molecule has 0 fully saturated rings. The van der Waals surface area contributed by atoms with E-state index in [0.717, 1.165) is 28.2 Å². The van der Waals surface area contributed by atoms with E-state index in [-0.39, 0.29) is 12.6 Å². The Balaban J connectivity index is 1.51. The molecule has 1 atom stereocenters. The third kappa shape index (κ3) is 6.34. The van der Waals surface area contributed by atoms with Gasteiger partial charge in [-0.2, -0.15) is 0 Å². The number of hydrogen-bond donors (Lipinski definition) is 3. The first-order chi connectivity index (χ1) is 16.0. The minimum absolute atomic E-state index is 0.0225. The van der Waals surface area contributed by atoms with Gasteiger partial charge in [0.25, 0.3) is 0 Å². The summed E-state index contributed by atoms with van der Waals surface area (Å²) < 4.78 is 6.74. The van der Waals surface area contributed by atoms with E-state index in [4.69, 9.17) is 15.5 Å². The average molecular weight is 482 g/mol. The van der Waals surface area contributed by atoms with E-state index in [9.17, 15) is 5.11 Å². The summed E-state index contributed by atoms with van der Waals surface area (Å²) in [7, 11) is 0. The summed E-state index contributed by atoms with van der Waals surface area (Å²) in [5.74, 6) is 3.36. The van der Waals surface area contributed by atoms with Crippen LogP contribution in [0.3, 0.4) is 0 Å². The highest BCUT2D eigenvalue weighted by Crippen LogP contribution is 2.32. The summed E-state index contributed by atoms with van der Waals surface area (Å²) >= 11 is 2.87. The summed E-state index contributed by atoms with van der Waals surface area (Å²) in [4.78, 5) is 13.7. The number of nitrogens with two attached hydrogens (primary N) is 1. The van der Waals surface area contributed by atoms with Crippen LogP contribution in [0.4, 0.5) is 10.9 Å². The molecule has 0 bridgehead atoms. The second kappa shape index (κ2) is 10.8. The predicted molar refractivity (Wildman–Crippen MR) is 136 cm³/mol. The number of thiazole rings is 1. The minimum Gasteiger partial charge on any atom is -0.457 e. The second-order valence-electron chi connectivity index (χ2n) is 8.06. The van der Waals surface area contributed by atoms with E-state index >= 15 is 0 Å². The number of hydrogen-bond acceptors (Lipinski definition) is 9. The molecule has 0 saturated heterocycles. The first kappa shape index (κ1) is 23.3. The molecule has 0 saturated carbocycles. The number of anilines is 2. The van der Waals surface area contributed by atoms with E-state index < -0.39 is 0 Å². The highest BCUT2D eigenvalue weighted by atomic mass is 32.2. The third-order valence-corrected chi connectivity index (χ3v) is 6.61. The molecule has 4 aromatic rings. The molecule has 33 heavy (non-hydrogen) atoms. The zero-order chi connectivity index (χ0) is 23.2. The number of aromatic nitrogens is 3. The molecule has 2 heterocycles. The van der Waals surface area contributed by atoms with Crippen LogP contribution in [-0.2, 0) is 5.75 Å². The van der Waals surface area contributed by atoms with Crippen molar-refractivity contribution >= 4 is 44.4 Å². The highest BCUT2D eigenvalue weighted by molar-refractivity contribution is 7.98. The molecule has 0 radical (unpaired) electrons. The van der Waals surface area contributed by atoms with Gasteiger partial charge in [0.1, 0.15) is 16.2 Å². The lowest BCUT2D eigenvalue weighted by atomic mass is 10.0. The molecule has 172 valence electrons. The number of fused-ring (bicyclic) bond motifs is 1.